The largest absolute Gasteiger partial charge is 0.504 e. The molecule has 22 N–H and O–H groups in total. The molecule has 0 aromatic heterocycles. The van der Waals surface area contributed by atoms with Gasteiger partial charge in [0.15, 0.2) is 99.2 Å². The Morgan fingerprint density at radius 3 is 1.52 bits per heavy atom. The lowest BCUT2D eigenvalue weighted by atomic mass is 9.71. The number of ether oxygens (including phenoxy) is 7. The van der Waals surface area contributed by atoms with Crippen LogP contribution in [0.2, 0.25) is 0 Å². The third-order valence-electron chi connectivity index (χ3n) is 14.6. The molecule has 4 aliphatic rings. The molecule has 1 saturated heterocycles. The van der Waals surface area contributed by atoms with Crippen LogP contribution in [-0.4, -0.2) is 210 Å². The summed E-state index contributed by atoms with van der Waals surface area (Å²) in [6.45, 7) is -3.06. The summed E-state index contributed by atoms with van der Waals surface area (Å²) in [5, 5.41) is 243. The molecule has 0 amide bonds. The van der Waals surface area contributed by atoms with Gasteiger partial charge in [0.2, 0.25) is 40.3 Å². The number of carbonyl (C=O) groups excluding carboxylic acids is 5. The Labute approximate surface area is 483 Å². The van der Waals surface area contributed by atoms with Crippen LogP contribution in [0, 0.1) is 0 Å². The second kappa shape index (κ2) is 20.8. The minimum atomic E-state index is -3.80. The van der Waals surface area contributed by atoms with Gasteiger partial charge in [0.05, 0.1) is 40.3 Å². The second-order valence-corrected chi connectivity index (χ2v) is 19.7. The van der Waals surface area contributed by atoms with Crippen molar-refractivity contribution in [2.75, 3.05) is 13.2 Å². The number of aromatic carboxylic acids is 1. The molecule has 9 atom stereocenters. The molecule has 0 aliphatic carbocycles. The highest BCUT2D eigenvalue weighted by Gasteiger charge is 2.64. The number of carboxylic acid groups (broad SMARTS) is 1. The molecule has 462 valence electrons. The highest BCUT2D eigenvalue weighted by Crippen LogP contribution is 2.61. The number of rotatable bonds is 7. The monoisotopic (exact) mass is 1240 g/mol. The zero-order valence-corrected chi connectivity index (χ0v) is 43.1. The summed E-state index contributed by atoms with van der Waals surface area (Å²) in [5.74, 6) is -47.8. The van der Waals surface area contributed by atoms with Crippen LogP contribution in [0.1, 0.15) is 73.6 Å². The highest BCUT2D eigenvalue weighted by atomic mass is 16.7. The number of esters is 5. The van der Waals surface area contributed by atoms with Crippen molar-refractivity contribution < 1.29 is 174 Å². The first-order valence-electron chi connectivity index (χ1n) is 24.5. The molecule has 1 fully saturated rings. The highest BCUT2D eigenvalue weighted by molar-refractivity contribution is 6.11. The van der Waals surface area contributed by atoms with Gasteiger partial charge in [-0.05, 0) is 24.3 Å². The molecule has 88 heavy (non-hydrogen) atoms. The zero-order chi connectivity index (χ0) is 64.5. The van der Waals surface area contributed by atoms with E-state index in [0.29, 0.717) is 18.2 Å². The number of fused-ring (bicyclic) bond motifs is 7. The molecule has 4 heterocycles. The fraction of sp³-hybridized carbons (Fsp3) is 0.208. The van der Waals surface area contributed by atoms with Crippen LogP contribution in [-0.2, 0) is 28.4 Å². The van der Waals surface area contributed by atoms with Crippen molar-refractivity contribution in [1.82, 2.24) is 0 Å². The van der Waals surface area contributed by atoms with E-state index in [1.165, 1.54) is 0 Å². The molecule has 10 rings (SSSR count). The molecule has 35 nitrogen and oxygen atoms in total. The first kappa shape index (κ1) is 59.5. The summed E-state index contributed by atoms with van der Waals surface area (Å²) >= 11 is 0. The maximum absolute atomic E-state index is 15.3. The van der Waals surface area contributed by atoms with Gasteiger partial charge in [-0.3, -0.25) is 0 Å². The normalized spacial score (nSPS) is 23.1. The van der Waals surface area contributed by atoms with E-state index in [0.717, 1.165) is 0 Å². The quantitative estimate of drug-likeness (QED) is 0.0572. The van der Waals surface area contributed by atoms with E-state index in [-0.39, 0.29) is 18.2 Å². The number of phenolic OH excluding ortho intramolecular Hbond substituents is 17. The molecule has 2 unspecified atom stereocenters. The van der Waals surface area contributed by atoms with Gasteiger partial charge in [0.25, 0.3) is 0 Å². The van der Waals surface area contributed by atoms with Crippen molar-refractivity contribution in [2.24, 2.45) is 0 Å². The molecule has 6 aromatic rings. The predicted molar refractivity (Wildman–Crippen MR) is 271 cm³/mol. The second-order valence-electron chi connectivity index (χ2n) is 19.7. The fourth-order valence-electron chi connectivity index (χ4n) is 10.4. The Balaban J connectivity index is 1.28. The van der Waals surface area contributed by atoms with Crippen LogP contribution in [0.5, 0.6) is 109 Å². The van der Waals surface area contributed by atoms with Gasteiger partial charge in [0, 0.05) is 39.9 Å². The van der Waals surface area contributed by atoms with E-state index in [2.05, 4.69) is 0 Å². The van der Waals surface area contributed by atoms with E-state index >= 15 is 9.59 Å². The summed E-state index contributed by atoms with van der Waals surface area (Å²) in [7, 11) is 0. The van der Waals surface area contributed by atoms with Gasteiger partial charge >= 0.3 is 35.8 Å². The number of hydrogen-bond acceptors (Lipinski definition) is 34. The molecule has 2 bridgehead atoms. The Morgan fingerprint density at radius 1 is 0.477 bits per heavy atom. The van der Waals surface area contributed by atoms with Gasteiger partial charge in [-0.25, -0.2) is 28.8 Å². The summed E-state index contributed by atoms with van der Waals surface area (Å²) in [6, 6.07) is 1.85. The zero-order valence-electron chi connectivity index (χ0n) is 43.1. The van der Waals surface area contributed by atoms with Crippen LogP contribution in [0.25, 0.3) is 22.3 Å². The van der Waals surface area contributed by atoms with Crippen molar-refractivity contribution in [3.05, 3.63) is 75.3 Å². The van der Waals surface area contributed by atoms with E-state index in [1.54, 1.807) is 0 Å². The first-order chi connectivity index (χ1) is 41.2. The molecule has 0 saturated carbocycles. The summed E-state index contributed by atoms with van der Waals surface area (Å²) in [4.78, 5) is 86.8. The number of phenols is 17. The van der Waals surface area contributed by atoms with Gasteiger partial charge in [0.1, 0.15) is 30.5 Å². The molecule has 4 aliphatic heterocycles. The Hall–Kier alpha value is -11.7. The van der Waals surface area contributed by atoms with Crippen molar-refractivity contribution in [3.63, 3.8) is 0 Å². The number of benzene rings is 6. The van der Waals surface area contributed by atoms with Crippen LogP contribution in [0.15, 0.2) is 36.4 Å². The number of cyclic esters (lactones) is 3. The van der Waals surface area contributed by atoms with Gasteiger partial charge < -0.3 is 146 Å². The smallest absolute Gasteiger partial charge is 0.339 e. The van der Waals surface area contributed by atoms with Crippen molar-refractivity contribution in [2.45, 2.75) is 54.4 Å². The Kier molecular flexibility index (Phi) is 14.1. The maximum Gasteiger partial charge on any atom is 0.339 e. The van der Waals surface area contributed by atoms with Crippen LogP contribution >= 0.6 is 0 Å². The van der Waals surface area contributed by atoms with Gasteiger partial charge in [-0.2, -0.15) is 0 Å². The van der Waals surface area contributed by atoms with Crippen LogP contribution in [0.3, 0.4) is 0 Å². The molecule has 35 heteroatoms. The van der Waals surface area contributed by atoms with E-state index in [1.807, 2.05) is 0 Å². The number of carboxylic acids is 1. The summed E-state index contributed by atoms with van der Waals surface area (Å²) in [6.07, 6.45) is -20.0. The van der Waals surface area contributed by atoms with Crippen molar-refractivity contribution in [1.29, 1.82) is 0 Å². The lowest BCUT2D eigenvalue weighted by molar-refractivity contribution is -0.341. The number of aliphatic hydroxyl groups is 4. The number of aromatic hydroxyl groups is 17. The fourth-order valence-corrected chi connectivity index (χ4v) is 10.4. The standard InChI is InChI=1S/C53H40O35/c54-14-1-9(2-15(55)29(14)60)48(76)85-21-8-82-49(77)12-6-20(84-42-13(47(74)75)5-18(58)32(63)41(42)72)34(65)37(68)23(12)22-10(3-16(56)30(61)35(22)66)50(78)86-43(21)45-44-28(53(81)46(73)33(64)19(59)7-83-53)27-26(52(80)87-44)25(38(69)40(71)39(27)70)24-11(51(79)88-45)4-17(57)31(62)36(24)67/h1-6,19,21,28,33,43-46,54-73,81H,7-8H2,(H,74,75)/t19-,21?,28-,33+,43+,44-,45-,46+,53?/m0/s1. The van der Waals surface area contributed by atoms with Crippen molar-refractivity contribution >= 4 is 35.8 Å². The number of hydrogen-bond donors (Lipinski definition) is 22. The minimum Gasteiger partial charge on any atom is -0.504 e. The molecule has 0 spiro atoms. The van der Waals surface area contributed by atoms with Crippen LogP contribution in [0.4, 0.5) is 0 Å². The molecule has 6 aromatic carbocycles. The van der Waals surface area contributed by atoms with Crippen molar-refractivity contribution in [3.8, 4) is 131 Å². The Bertz CT molecular complexity index is 4070. The molecular formula is C53H40O35. The topological polar surface area (TPSA) is 612 Å². The molecule has 0 radical (unpaired) electrons. The third kappa shape index (κ3) is 8.95. The Morgan fingerprint density at radius 2 is 0.955 bits per heavy atom. The van der Waals surface area contributed by atoms with Crippen LogP contribution < -0.4 is 4.74 Å². The number of carbonyl (C=O) groups is 6. The van der Waals surface area contributed by atoms with Gasteiger partial charge in [-0.15, -0.1) is 0 Å². The lowest BCUT2D eigenvalue weighted by Crippen LogP contribution is -2.68. The van der Waals surface area contributed by atoms with E-state index in [9.17, 15) is 132 Å². The lowest BCUT2D eigenvalue weighted by Gasteiger charge is -2.51. The third-order valence-corrected chi connectivity index (χ3v) is 14.6. The minimum absolute atomic E-state index is 0.181. The molecular weight excluding hydrogens is 1200 g/mol. The first-order valence-corrected chi connectivity index (χ1v) is 24.5. The maximum atomic E-state index is 15.3. The van der Waals surface area contributed by atoms with E-state index < -0.39 is 274 Å². The predicted octanol–water partition coefficient (Wildman–Crippen LogP) is 0.0910. The average molecular weight is 1240 g/mol. The SMILES string of the molecule is O=C(OC1COC(=O)c2cc(Oc3c(C(=O)O)cc(O)c(O)c3O)c(O)c(O)c2-c2c(cc(O)c(O)c2O)C(=O)O[C@H]1[C@@H]1OC(=O)c2cc(O)c(O)c(O)c2-c2c(O)c(O)c(O)c3c2C(=O)O[C@H]1[C@H]3C1(O)OC[C@H](O)[C@@H](O)[C@H]1O)c1cc(O)c(O)c(O)c1. The summed E-state index contributed by atoms with van der Waals surface area (Å²) in [5.41, 5.74) is -14.5. The summed E-state index contributed by atoms with van der Waals surface area (Å²) < 4.78 is 39.4. The van der Waals surface area contributed by atoms with Gasteiger partial charge in [-0.1, -0.05) is 0 Å². The van der Waals surface area contributed by atoms with E-state index in [4.69, 9.17) is 33.2 Å². The number of aliphatic hydroxyl groups excluding tert-OH is 3. The average Bonchev–Trinajstić information content (AvgIpc) is 0.729.